The van der Waals surface area contributed by atoms with Gasteiger partial charge in [0.2, 0.25) is 21.8 Å². The zero-order chi connectivity index (χ0) is 27.0. The summed E-state index contributed by atoms with van der Waals surface area (Å²) in [6, 6.07) is 11.7. The molecule has 2 aromatic carbocycles. The van der Waals surface area contributed by atoms with E-state index in [1.807, 2.05) is 45.0 Å². The molecule has 0 saturated heterocycles. The first kappa shape index (κ1) is 29.9. The molecule has 2 aromatic rings. The van der Waals surface area contributed by atoms with Crippen LogP contribution in [0, 0.1) is 6.92 Å². The lowest BCUT2D eigenvalue weighted by molar-refractivity contribution is -0.140. The number of benzene rings is 2. The second-order valence-electron chi connectivity index (χ2n) is 9.04. The van der Waals surface area contributed by atoms with Crippen LogP contribution in [0.2, 0.25) is 10.0 Å². The highest BCUT2D eigenvalue weighted by atomic mass is 35.5. The van der Waals surface area contributed by atoms with Crippen LogP contribution in [0.4, 0.5) is 5.69 Å². The molecule has 0 aromatic heterocycles. The summed E-state index contributed by atoms with van der Waals surface area (Å²) in [6.07, 6.45) is 2.14. The van der Waals surface area contributed by atoms with Gasteiger partial charge in [0.15, 0.2) is 0 Å². The minimum absolute atomic E-state index is 0.0120. The molecule has 198 valence electrons. The van der Waals surface area contributed by atoms with Crippen molar-refractivity contribution in [3.63, 3.8) is 0 Å². The molecule has 2 rings (SSSR count). The molecule has 7 nitrogen and oxygen atoms in total. The van der Waals surface area contributed by atoms with E-state index in [1.54, 1.807) is 17.9 Å². The highest BCUT2D eigenvalue weighted by molar-refractivity contribution is 7.92. The Hall–Kier alpha value is -2.29. The van der Waals surface area contributed by atoms with E-state index in [0.717, 1.165) is 28.1 Å². The first-order valence-electron chi connectivity index (χ1n) is 11.9. The molecule has 2 unspecified atom stereocenters. The maximum absolute atomic E-state index is 13.3. The number of nitrogens with one attached hydrogen (secondary N) is 1. The third kappa shape index (κ3) is 8.68. The molecule has 10 heteroatoms. The van der Waals surface area contributed by atoms with Crippen molar-refractivity contribution in [1.82, 2.24) is 10.2 Å². The van der Waals surface area contributed by atoms with Crippen LogP contribution < -0.4 is 9.62 Å². The van der Waals surface area contributed by atoms with Crippen molar-refractivity contribution in [1.29, 1.82) is 0 Å². The second kappa shape index (κ2) is 13.3. The lowest BCUT2D eigenvalue weighted by atomic mass is 10.1. The van der Waals surface area contributed by atoms with E-state index in [1.165, 1.54) is 12.1 Å². The van der Waals surface area contributed by atoms with Crippen molar-refractivity contribution >= 4 is 50.7 Å². The van der Waals surface area contributed by atoms with E-state index < -0.39 is 16.1 Å². The summed E-state index contributed by atoms with van der Waals surface area (Å²) in [4.78, 5) is 27.7. The Labute approximate surface area is 224 Å². The highest BCUT2D eigenvalue weighted by Gasteiger charge is 2.27. The van der Waals surface area contributed by atoms with Crippen molar-refractivity contribution in [3.8, 4) is 0 Å². The van der Waals surface area contributed by atoms with Crippen LogP contribution in [-0.4, -0.2) is 50.0 Å². The van der Waals surface area contributed by atoms with Gasteiger partial charge in [-0.1, -0.05) is 60.0 Å². The lowest BCUT2D eigenvalue weighted by Gasteiger charge is -2.30. The van der Waals surface area contributed by atoms with Gasteiger partial charge in [-0.3, -0.25) is 13.9 Å². The molecule has 0 bridgehead atoms. The number of hydrogen-bond acceptors (Lipinski definition) is 4. The fourth-order valence-corrected chi connectivity index (χ4v) is 5.00. The molecule has 0 saturated carbocycles. The van der Waals surface area contributed by atoms with Crippen molar-refractivity contribution < 1.29 is 18.0 Å². The van der Waals surface area contributed by atoms with E-state index in [2.05, 4.69) is 5.32 Å². The number of rotatable bonds is 12. The fourth-order valence-electron chi connectivity index (χ4n) is 3.60. The number of aryl methyl sites for hydroxylation is 1. The predicted octanol–water partition coefficient (Wildman–Crippen LogP) is 5.18. The lowest BCUT2D eigenvalue weighted by Crippen LogP contribution is -2.49. The van der Waals surface area contributed by atoms with Crippen LogP contribution in [-0.2, 0) is 26.2 Å². The van der Waals surface area contributed by atoms with Crippen LogP contribution in [0.1, 0.15) is 51.2 Å². The average Bonchev–Trinajstić information content (AvgIpc) is 2.81. The van der Waals surface area contributed by atoms with Gasteiger partial charge in [0, 0.05) is 30.6 Å². The third-order valence-electron chi connectivity index (χ3n) is 5.97. The molecule has 2 atom stereocenters. The summed E-state index contributed by atoms with van der Waals surface area (Å²) >= 11 is 12.3. The van der Waals surface area contributed by atoms with Crippen LogP contribution in [0.3, 0.4) is 0 Å². The fraction of sp³-hybridized carbons (Fsp3) is 0.462. The molecule has 0 radical (unpaired) electrons. The Morgan fingerprint density at radius 3 is 2.28 bits per heavy atom. The van der Waals surface area contributed by atoms with E-state index in [4.69, 9.17) is 23.2 Å². The Kier molecular flexibility index (Phi) is 11.1. The van der Waals surface area contributed by atoms with Gasteiger partial charge in [0.05, 0.1) is 17.0 Å². The highest BCUT2D eigenvalue weighted by Crippen LogP contribution is 2.31. The summed E-state index contributed by atoms with van der Waals surface area (Å²) in [5, 5.41) is 3.53. The molecular formula is C26H35Cl2N3O4S. The number of carbonyl (C=O) groups is 2. The van der Waals surface area contributed by atoms with Crippen LogP contribution in [0.15, 0.2) is 42.5 Å². The standard InChI is InChI=1S/C26H35Cl2N3O4S/c1-6-19(3)29-26(33)20(4)30(17-21-11-9-18(2)10-12-21)25(32)8-7-15-31(36(5,34)35)24-16-22(27)13-14-23(24)28/h9-14,16,19-20H,6-8,15,17H2,1-5H3,(H,29,33). The Balaban J connectivity index is 2.20. The number of nitrogens with zero attached hydrogens (tertiary/aromatic N) is 2. The van der Waals surface area contributed by atoms with Crippen molar-refractivity contribution in [3.05, 3.63) is 63.6 Å². The summed E-state index contributed by atoms with van der Waals surface area (Å²) < 4.78 is 26.1. The van der Waals surface area contributed by atoms with E-state index in [9.17, 15) is 18.0 Å². The predicted molar refractivity (Wildman–Crippen MR) is 147 cm³/mol. The number of anilines is 1. The number of amides is 2. The number of carbonyl (C=O) groups excluding carboxylic acids is 2. The summed E-state index contributed by atoms with van der Waals surface area (Å²) in [6.45, 7) is 7.88. The van der Waals surface area contributed by atoms with Crippen LogP contribution >= 0.6 is 23.2 Å². The Morgan fingerprint density at radius 1 is 1.06 bits per heavy atom. The molecule has 0 fully saturated rings. The van der Waals surface area contributed by atoms with Crippen molar-refractivity contribution in [2.24, 2.45) is 0 Å². The minimum atomic E-state index is -3.67. The van der Waals surface area contributed by atoms with Gasteiger partial charge >= 0.3 is 0 Å². The summed E-state index contributed by atoms with van der Waals surface area (Å²) in [5.41, 5.74) is 2.26. The van der Waals surface area contributed by atoms with Gasteiger partial charge in [-0.15, -0.1) is 0 Å². The SMILES string of the molecule is CCC(C)NC(=O)C(C)N(Cc1ccc(C)cc1)C(=O)CCCN(c1cc(Cl)ccc1Cl)S(C)(=O)=O. The molecule has 0 aliphatic rings. The molecule has 0 aliphatic carbocycles. The average molecular weight is 557 g/mol. The minimum Gasteiger partial charge on any atom is -0.352 e. The second-order valence-corrected chi connectivity index (χ2v) is 11.8. The first-order chi connectivity index (χ1) is 16.8. The molecule has 0 heterocycles. The van der Waals surface area contributed by atoms with Gasteiger partial charge in [-0.05, 0) is 57.4 Å². The number of sulfonamides is 1. The molecule has 0 aliphatic heterocycles. The maximum Gasteiger partial charge on any atom is 0.242 e. The van der Waals surface area contributed by atoms with Gasteiger partial charge in [-0.2, -0.15) is 0 Å². The van der Waals surface area contributed by atoms with Gasteiger partial charge in [0.25, 0.3) is 0 Å². The van der Waals surface area contributed by atoms with Crippen molar-refractivity contribution in [2.75, 3.05) is 17.1 Å². The molecule has 36 heavy (non-hydrogen) atoms. The summed E-state index contributed by atoms with van der Waals surface area (Å²) in [7, 11) is -3.67. The van der Waals surface area contributed by atoms with E-state index in [-0.39, 0.29) is 54.5 Å². The largest absolute Gasteiger partial charge is 0.352 e. The van der Waals surface area contributed by atoms with Crippen LogP contribution in [0.25, 0.3) is 0 Å². The van der Waals surface area contributed by atoms with Gasteiger partial charge in [0.1, 0.15) is 6.04 Å². The normalized spacial score (nSPS) is 13.1. The van der Waals surface area contributed by atoms with Crippen LogP contribution in [0.5, 0.6) is 0 Å². The first-order valence-corrected chi connectivity index (χ1v) is 14.5. The Morgan fingerprint density at radius 2 is 1.69 bits per heavy atom. The molecular weight excluding hydrogens is 521 g/mol. The third-order valence-corrected chi connectivity index (χ3v) is 7.71. The van der Waals surface area contributed by atoms with E-state index in [0.29, 0.717) is 5.02 Å². The zero-order valence-electron chi connectivity index (χ0n) is 21.4. The molecule has 1 N–H and O–H groups in total. The smallest absolute Gasteiger partial charge is 0.242 e. The zero-order valence-corrected chi connectivity index (χ0v) is 23.8. The topological polar surface area (TPSA) is 86.8 Å². The monoisotopic (exact) mass is 555 g/mol. The molecule has 2 amide bonds. The van der Waals surface area contributed by atoms with Gasteiger partial charge in [-0.25, -0.2) is 8.42 Å². The number of hydrogen-bond donors (Lipinski definition) is 1. The quantitative estimate of drug-likeness (QED) is 0.391. The number of halogens is 2. The summed E-state index contributed by atoms with van der Waals surface area (Å²) in [5.74, 6) is -0.471. The van der Waals surface area contributed by atoms with E-state index >= 15 is 0 Å². The van der Waals surface area contributed by atoms with Gasteiger partial charge < -0.3 is 10.2 Å². The maximum atomic E-state index is 13.3. The Bertz CT molecular complexity index is 1160. The van der Waals surface area contributed by atoms with Crippen molar-refractivity contribution in [2.45, 2.75) is 65.6 Å². The molecule has 0 spiro atoms.